The summed E-state index contributed by atoms with van der Waals surface area (Å²) in [6, 6.07) is 15.0. The van der Waals surface area contributed by atoms with Crippen LogP contribution in [-0.4, -0.2) is 23.0 Å². The zero-order valence-corrected chi connectivity index (χ0v) is 11.5. The topological polar surface area (TPSA) is 67.0 Å². The second-order valence-corrected chi connectivity index (χ2v) is 4.62. The summed E-state index contributed by atoms with van der Waals surface area (Å²) in [6.07, 6.45) is 0.950. The molecule has 2 N–H and O–H groups in total. The number of benzene rings is 2. The van der Waals surface area contributed by atoms with Crippen LogP contribution in [0.5, 0.6) is 0 Å². The van der Waals surface area contributed by atoms with Crippen LogP contribution in [0.2, 0.25) is 0 Å². The van der Waals surface area contributed by atoms with Crippen LogP contribution in [0.25, 0.3) is 11.0 Å². The van der Waals surface area contributed by atoms with Crippen LogP contribution >= 0.6 is 0 Å². The van der Waals surface area contributed by atoms with Gasteiger partial charge < -0.3 is 15.0 Å². The van der Waals surface area contributed by atoms with Gasteiger partial charge in [-0.15, -0.1) is 0 Å². The van der Waals surface area contributed by atoms with Crippen LogP contribution in [-0.2, 0) is 9.53 Å². The Hall–Kier alpha value is -2.66. The zero-order chi connectivity index (χ0) is 14.7. The number of aromatic amines is 1. The Bertz CT molecular complexity index is 752. The van der Waals surface area contributed by atoms with E-state index in [4.69, 9.17) is 4.74 Å². The van der Waals surface area contributed by atoms with E-state index in [9.17, 15) is 4.79 Å². The fraction of sp³-hybridized carbons (Fsp3) is 0.125. The summed E-state index contributed by atoms with van der Waals surface area (Å²) >= 11 is 0. The monoisotopic (exact) mass is 281 g/mol. The van der Waals surface area contributed by atoms with Crippen LogP contribution in [0.3, 0.4) is 0 Å². The average Bonchev–Trinajstić information content (AvgIpc) is 2.99. The van der Waals surface area contributed by atoms with Crippen LogP contribution in [0, 0.1) is 0 Å². The standard InChI is InChI=1S/C16H15N3O2/c1-21-15(11-6-3-2-4-7-11)16(20)19-13-9-5-8-12-14(13)18-10-17-12/h2-10,15H,1H3,(H,17,18)(H,19,20). The Morgan fingerprint density at radius 1 is 1.19 bits per heavy atom. The number of methoxy groups -OCH3 is 1. The van der Waals surface area contributed by atoms with Gasteiger partial charge in [0.2, 0.25) is 0 Å². The Balaban J connectivity index is 1.87. The molecule has 2 aromatic carbocycles. The second kappa shape index (κ2) is 5.76. The summed E-state index contributed by atoms with van der Waals surface area (Å²) in [5, 5.41) is 2.87. The van der Waals surface area contributed by atoms with Crippen molar-refractivity contribution in [2.24, 2.45) is 0 Å². The Morgan fingerprint density at radius 2 is 2.00 bits per heavy atom. The SMILES string of the molecule is COC(C(=O)Nc1cccc2[nH]cnc12)c1ccccc1. The van der Waals surface area contributed by atoms with Crippen molar-refractivity contribution >= 4 is 22.6 Å². The number of hydrogen-bond donors (Lipinski definition) is 2. The minimum atomic E-state index is -0.652. The van der Waals surface area contributed by atoms with E-state index in [0.29, 0.717) is 5.69 Å². The van der Waals surface area contributed by atoms with Crippen molar-refractivity contribution in [3.05, 3.63) is 60.4 Å². The molecule has 0 aliphatic rings. The van der Waals surface area contributed by atoms with Crippen molar-refractivity contribution in [2.45, 2.75) is 6.10 Å². The highest BCUT2D eigenvalue weighted by Gasteiger charge is 2.20. The number of ether oxygens (including phenoxy) is 1. The summed E-state index contributed by atoms with van der Waals surface area (Å²) in [6.45, 7) is 0. The maximum Gasteiger partial charge on any atom is 0.258 e. The first kappa shape index (κ1) is 13.3. The molecule has 0 bridgehead atoms. The van der Waals surface area contributed by atoms with Gasteiger partial charge in [0.1, 0.15) is 5.52 Å². The van der Waals surface area contributed by atoms with Gasteiger partial charge in [-0.25, -0.2) is 4.98 Å². The van der Waals surface area contributed by atoms with Gasteiger partial charge in [0, 0.05) is 7.11 Å². The van der Waals surface area contributed by atoms with Gasteiger partial charge in [-0.2, -0.15) is 0 Å². The highest BCUT2D eigenvalue weighted by atomic mass is 16.5. The zero-order valence-electron chi connectivity index (χ0n) is 11.5. The summed E-state index contributed by atoms with van der Waals surface area (Å²) in [7, 11) is 1.52. The third kappa shape index (κ3) is 2.64. The smallest absolute Gasteiger partial charge is 0.258 e. The highest BCUT2D eigenvalue weighted by Crippen LogP contribution is 2.23. The van der Waals surface area contributed by atoms with E-state index >= 15 is 0 Å². The van der Waals surface area contributed by atoms with Crippen molar-refractivity contribution in [3.63, 3.8) is 0 Å². The number of amides is 1. The van der Waals surface area contributed by atoms with Crippen LogP contribution in [0.15, 0.2) is 54.9 Å². The van der Waals surface area contributed by atoms with E-state index < -0.39 is 6.10 Å². The molecule has 0 aliphatic heterocycles. The number of carbonyl (C=O) groups is 1. The third-order valence-corrected chi connectivity index (χ3v) is 3.28. The van der Waals surface area contributed by atoms with Crippen LogP contribution < -0.4 is 5.32 Å². The van der Waals surface area contributed by atoms with E-state index in [1.165, 1.54) is 7.11 Å². The second-order valence-electron chi connectivity index (χ2n) is 4.62. The molecule has 3 aromatic rings. The van der Waals surface area contributed by atoms with Gasteiger partial charge in [-0.05, 0) is 17.7 Å². The van der Waals surface area contributed by atoms with Gasteiger partial charge in [0.15, 0.2) is 6.10 Å². The van der Waals surface area contributed by atoms with Crippen molar-refractivity contribution in [2.75, 3.05) is 12.4 Å². The van der Waals surface area contributed by atoms with Gasteiger partial charge in [0.05, 0.1) is 17.5 Å². The molecular formula is C16H15N3O2. The van der Waals surface area contributed by atoms with Crippen molar-refractivity contribution in [1.82, 2.24) is 9.97 Å². The minimum Gasteiger partial charge on any atom is -0.367 e. The molecule has 0 fully saturated rings. The lowest BCUT2D eigenvalue weighted by atomic mass is 10.1. The molecule has 1 atom stereocenters. The molecule has 21 heavy (non-hydrogen) atoms. The molecule has 5 heteroatoms. The van der Waals surface area contributed by atoms with Crippen molar-refractivity contribution in [1.29, 1.82) is 0 Å². The molecule has 3 rings (SSSR count). The quantitative estimate of drug-likeness (QED) is 0.772. The summed E-state index contributed by atoms with van der Waals surface area (Å²) in [4.78, 5) is 19.7. The number of nitrogens with one attached hydrogen (secondary N) is 2. The van der Waals surface area contributed by atoms with Crippen LogP contribution in [0.1, 0.15) is 11.7 Å². The average molecular weight is 281 g/mol. The number of H-pyrrole nitrogens is 1. The number of carbonyl (C=O) groups excluding carboxylic acids is 1. The molecule has 0 radical (unpaired) electrons. The first-order valence-electron chi connectivity index (χ1n) is 6.60. The summed E-state index contributed by atoms with van der Waals surface area (Å²) in [5.41, 5.74) is 3.08. The maximum atomic E-state index is 12.4. The molecule has 1 aromatic heterocycles. The van der Waals surface area contributed by atoms with E-state index in [2.05, 4.69) is 15.3 Å². The molecule has 1 heterocycles. The largest absolute Gasteiger partial charge is 0.367 e. The molecule has 0 aliphatic carbocycles. The van der Waals surface area contributed by atoms with Gasteiger partial charge in [-0.3, -0.25) is 4.79 Å². The number of rotatable bonds is 4. The molecule has 106 valence electrons. The fourth-order valence-corrected chi connectivity index (χ4v) is 2.29. The molecule has 0 spiro atoms. The summed E-state index contributed by atoms with van der Waals surface area (Å²) < 4.78 is 5.32. The number of para-hydroxylation sites is 1. The normalized spacial score (nSPS) is 12.2. The number of anilines is 1. The van der Waals surface area contributed by atoms with Crippen LogP contribution in [0.4, 0.5) is 5.69 Å². The van der Waals surface area contributed by atoms with E-state index in [-0.39, 0.29) is 5.91 Å². The Morgan fingerprint density at radius 3 is 2.76 bits per heavy atom. The number of nitrogens with zero attached hydrogens (tertiary/aromatic N) is 1. The first-order valence-corrected chi connectivity index (χ1v) is 6.60. The lowest BCUT2D eigenvalue weighted by Crippen LogP contribution is -2.22. The predicted octanol–water partition coefficient (Wildman–Crippen LogP) is 2.89. The minimum absolute atomic E-state index is 0.223. The van der Waals surface area contributed by atoms with Crippen molar-refractivity contribution in [3.8, 4) is 0 Å². The lowest BCUT2D eigenvalue weighted by molar-refractivity contribution is -0.126. The maximum absolute atomic E-state index is 12.4. The third-order valence-electron chi connectivity index (χ3n) is 3.28. The summed E-state index contributed by atoms with van der Waals surface area (Å²) in [5.74, 6) is -0.223. The number of fused-ring (bicyclic) bond motifs is 1. The number of imidazole rings is 1. The van der Waals surface area contributed by atoms with E-state index in [1.54, 1.807) is 6.33 Å². The van der Waals surface area contributed by atoms with E-state index in [0.717, 1.165) is 16.6 Å². The fourth-order valence-electron chi connectivity index (χ4n) is 2.29. The van der Waals surface area contributed by atoms with Gasteiger partial charge in [0.25, 0.3) is 5.91 Å². The highest BCUT2D eigenvalue weighted by molar-refractivity contribution is 6.01. The predicted molar refractivity (Wildman–Crippen MR) is 80.9 cm³/mol. The van der Waals surface area contributed by atoms with Gasteiger partial charge >= 0.3 is 0 Å². The Labute approximate surface area is 122 Å². The molecular weight excluding hydrogens is 266 g/mol. The van der Waals surface area contributed by atoms with Gasteiger partial charge in [-0.1, -0.05) is 36.4 Å². The molecule has 0 saturated heterocycles. The molecule has 1 amide bonds. The number of hydrogen-bond acceptors (Lipinski definition) is 3. The van der Waals surface area contributed by atoms with Crippen molar-refractivity contribution < 1.29 is 9.53 Å². The molecule has 0 saturated carbocycles. The van der Waals surface area contributed by atoms with E-state index in [1.807, 2.05) is 48.5 Å². The molecule has 1 unspecified atom stereocenters. The Kier molecular flexibility index (Phi) is 3.66. The lowest BCUT2D eigenvalue weighted by Gasteiger charge is -2.15. The molecule has 5 nitrogen and oxygen atoms in total. The first-order chi connectivity index (χ1) is 10.3. The number of aromatic nitrogens is 2.